The summed E-state index contributed by atoms with van der Waals surface area (Å²) in [5.74, 6) is -1.09. The number of hydrogen-bond donors (Lipinski definition) is 0. The number of carbonyl (C=O) groups is 3. The molecule has 2 aromatic rings. The molecule has 0 aromatic heterocycles. The van der Waals surface area contributed by atoms with Gasteiger partial charge in [-0.15, -0.1) is 0 Å². The number of benzene rings is 2. The Hall–Kier alpha value is -3.22. The van der Waals surface area contributed by atoms with Gasteiger partial charge >= 0.3 is 0 Å². The highest BCUT2D eigenvalue weighted by Crippen LogP contribution is 2.20. The van der Waals surface area contributed by atoms with Crippen LogP contribution < -0.4 is 4.90 Å². The van der Waals surface area contributed by atoms with Gasteiger partial charge in [-0.05, 0) is 61.2 Å². The van der Waals surface area contributed by atoms with Crippen LogP contribution in [-0.2, 0) is 16.0 Å². The van der Waals surface area contributed by atoms with Crippen molar-refractivity contribution < 1.29 is 18.8 Å². The molecule has 7 heteroatoms. The Kier molecular flexibility index (Phi) is 9.19. The lowest BCUT2D eigenvalue weighted by atomic mass is 10.0. The molecule has 0 saturated carbocycles. The van der Waals surface area contributed by atoms with E-state index in [1.165, 1.54) is 58.9 Å². The molecule has 0 N–H and O–H groups in total. The number of nitrogens with zero attached hydrogens (tertiary/aromatic N) is 3. The van der Waals surface area contributed by atoms with Crippen LogP contribution in [0.4, 0.5) is 10.1 Å². The summed E-state index contributed by atoms with van der Waals surface area (Å²) in [4.78, 5) is 42.9. The molecular formula is C27H34FN3O3. The zero-order chi connectivity index (χ0) is 24.5. The van der Waals surface area contributed by atoms with Gasteiger partial charge in [0.1, 0.15) is 25.6 Å². The molecule has 182 valence electrons. The van der Waals surface area contributed by atoms with Gasteiger partial charge in [-0.3, -0.25) is 19.3 Å². The van der Waals surface area contributed by atoms with E-state index in [2.05, 4.69) is 6.92 Å². The van der Waals surface area contributed by atoms with Crippen molar-refractivity contribution in [3.8, 4) is 0 Å². The molecule has 0 bridgehead atoms. The Labute approximate surface area is 201 Å². The Morgan fingerprint density at radius 3 is 2.29 bits per heavy atom. The minimum atomic E-state index is -0.387. The van der Waals surface area contributed by atoms with Gasteiger partial charge in [-0.2, -0.15) is 0 Å². The molecule has 0 atom stereocenters. The Morgan fingerprint density at radius 2 is 1.65 bits per heavy atom. The van der Waals surface area contributed by atoms with Crippen LogP contribution in [0, 0.1) is 5.82 Å². The van der Waals surface area contributed by atoms with Crippen molar-refractivity contribution in [2.24, 2.45) is 0 Å². The second-order valence-electron chi connectivity index (χ2n) is 8.77. The summed E-state index contributed by atoms with van der Waals surface area (Å²) in [5, 5.41) is 0. The fraction of sp³-hybridized carbons (Fsp3) is 0.444. The van der Waals surface area contributed by atoms with Crippen LogP contribution in [0.25, 0.3) is 0 Å². The summed E-state index contributed by atoms with van der Waals surface area (Å²) >= 11 is 0. The zero-order valence-corrected chi connectivity index (χ0v) is 20.1. The average Bonchev–Trinajstić information content (AvgIpc) is 3.23. The molecule has 1 fully saturated rings. The molecule has 3 rings (SSSR count). The van der Waals surface area contributed by atoms with E-state index in [9.17, 15) is 18.8 Å². The highest BCUT2D eigenvalue weighted by molar-refractivity contribution is 6.01. The molecule has 1 heterocycles. The predicted molar refractivity (Wildman–Crippen MR) is 131 cm³/mol. The molecular weight excluding hydrogens is 433 g/mol. The summed E-state index contributed by atoms with van der Waals surface area (Å²) in [5.41, 5.74) is 2.31. The van der Waals surface area contributed by atoms with E-state index < -0.39 is 0 Å². The van der Waals surface area contributed by atoms with Crippen molar-refractivity contribution in [3.63, 3.8) is 0 Å². The van der Waals surface area contributed by atoms with E-state index in [4.69, 9.17) is 0 Å². The molecule has 3 amide bonds. The fourth-order valence-electron chi connectivity index (χ4n) is 4.10. The van der Waals surface area contributed by atoms with Gasteiger partial charge in [0.05, 0.1) is 0 Å². The number of aryl methyl sites for hydroxylation is 1. The Balaban J connectivity index is 1.60. The maximum absolute atomic E-state index is 13.2. The maximum atomic E-state index is 13.2. The SMILES string of the molecule is CCCCCCc1ccc(C(=O)N(CCC)CC(=O)N2CC(=O)N(c3ccc(F)cc3)C2)cc1. The molecule has 34 heavy (non-hydrogen) atoms. The van der Waals surface area contributed by atoms with Crippen LogP contribution in [0.3, 0.4) is 0 Å². The number of halogens is 1. The Morgan fingerprint density at radius 1 is 0.941 bits per heavy atom. The molecule has 0 radical (unpaired) electrons. The first kappa shape index (κ1) is 25.4. The first-order valence-corrected chi connectivity index (χ1v) is 12.1. The zero-order valence-electron chi connectivity index (χ0n) is 20.1. The fourth-order valence-corrected chi connectivity index (χ4v) is 4.10. The third-order valence-electron chi connectivity index (χ3n) is 6.06. The van der Waals surface area contributed by atoms with Crippen molar-refractivity contribution in [2.75, 3.05) is 31.2 Å². The van der Waals surface area contributed by atoms with Gasteiger partial charge in [0.25, 0.3) is 5.91 Å². The van der Waals surface area contributed by atoms with Gasteiger partial charge in [0.15, 0.2) is 0 Å². The number of carbonyl (C=O) groups excluding carboxylic acids is 3. The summed E-state index contributed by atoms with van der Waals surface area (Å²) in [6.07, 6.45) is 6.51. The van der Waals surface area contributed by atoms with E-state index in [1.807, 2.05) is 31.2 Å². The van der Waals surface area contributed by atoms with Gasteiger partial charge < -0.3 is 9.80 Å². The van der Waals surface area contributed by atoms with Crippen molar-refractivity contribution in [2.45, 2.75) is 52.4 Å². The summed E-state index contributed by atoms with van der Waals surface area (Å²) in [6, 6.07) is 13.2. The highest BCUT2D eigenvalue weighted by Gasteiger charge is 2.33. The Bertz CT molecular complexity index is 976. The first-order valence-electron chi connectivity index (χ1n) is 12.1. The first-order chi connectivity index (χ1) is 16.4. The summed E-state index contributed by atoms with van der Waals surface area (Å²) in [6.45, 7) is 4.54. The van der Waals surface area contributed by atoms with E-state index in [0.29, 0.717) is 17.8 Å². The second kappa shape index (κ2) is 12.3. The third kappa shape index (κ3) is 6.65. The standard InChI is InChI=1S/C27H34FN3O3/c1-3-5-6-7-8-21-9-11-22(12-10-21)27(34)29(17-4-2)18-25(32)30-19-26(33)31(20-30)24-15-13-23(28)14-16-24/h9-16H,3-8,17-20H2,1-2H3. The van der Waals surface area contributed by atoms with Gasteiger partial charge in [-0.25, -0.2) is 4.39 Å². The van der Waals surface area contributed by atoms with Crippen molar-refractivity contribution in [1.82, 2.24) is 9.80 Å². The molecule has 1 aliphatic heterocycles. The average molecular weight is 468 g/mol. The lowest BCUT2D eigenvalue weighted by Crippen LogP contribution is -2.43. The largest absolute Gasteiger partial charge is 0.329 e. The minimum absolute atomic E-state index is 0.0584. The molecule has 2 aromatic carbocycles. The van der Waals surface area contributed by atoms with Crippen LogP contribution in [0.5, 0.6) is 0 Å². The van der Waals surface area contributed by atoms with Crippen molar-refractivity contribution >= 4 is 23.4 Å². The molecule has 0 aliphatic carbocycles. The molecule has 1 saturated heterocycles. The number of rotatable bonds is 11. The quantitative estimate of drug-likeness (QED) is 0.453. The molecule has 0 spiro atoms. The summed E-state index contributed by atoms with van der Waals surface area (Å²) in [7, 11) is 0. The van der Waals surface area contributed by atoms with Crippen molar-refractivity contribution in [1.29, 1.82) is 0 Å². The second-order valence-corrected chi connectivity index (χ2v) is 8.77. The number of anilines is 1. The van der Waals surface area contributed by atoms with Gasteiger partial charge in [0.2, 0.25) is 11.8 Å². The van der Waals surface area contributed by atoms with E-state index in [1.54, 1.807) is 4.90 Å². The predicted octanol–water partition coefficient (Wildman–Crippen LogP) is 4.63. The maximum Gasteiger partial charge on any atom is 0.254 e. The number of hydrogen-bond acceptors (Lipinski definition) is 3. The van der Waals surface area contributed by atoms with E-state index in [0.717, 1.165) is 19.3 Å². The topological polar surface area (TPSA) is 60.9 Å². The number of amides is 3. The minimum Gasteiger partial charge on any atom is -0.329 e. The molecule has 1 aliphatic rings. The van der Waals surface area contributed by atoms with E-state index in [-0.39, 0.29) is 43.3 Å². The lowest BCUT2D eigenvalue weighted by molar-refractivity contribution is -0.132. The normalized spacial score (nSPS) is 13.4. The van der Waals surface area contributed by atoms with Crippen LogP contribution >= 0.6 is 0 Å². The smallest absolute Gasteiger partial charge is 0.254 e. The molecule has 0 unspecified atom stereocenters. The summed E-state index contributed by atoms with van der Waals surface area (Å²) < 4.78 is 13.2. The van der Waals surface area contributed by atoms with Gasteiger partial charge in [0, 0.05) is 17.8 Å². The van der Waals surface area contributed by atoms with Crippen LogP contribution in [0.1, 0.15) is 61.9 Å². The van der Waals surface area contributed by atoms with Crippen LogP contribution in [0.15, 0.2) is 48.5 Å². The van der Waals surface area contributed by atoms with Crippen LogP contribution in [-0.4, -0.2) is 53.8 Å². The van der Waals surface area contributed by atoms with Gasteiger partial charge in [-0.1, -0.05) is 45.2 Å². The highest BCUT2D eigenvalue weighted by atomic mass is 19.1. The van der Waals surface area contributed by atoms with E-state index >= 15 is 0 Å². The van der Waals surface area contributed by atoms with Crippen molar-refractivity contribution in [3.05, 3.63) is 65.5 Å². The monoisotopic (exact) mass is 467 g/mol. The number of unbranched alkanes of at least 4 members (excludes halogenated alkanes) is 3. The van der Waals surface area contributed by atoms with Crippen LogP contribution in [0.2, 0.25) is 0 Å². The molecule has 6 nitrogen and oxygen atoms in total. The lowest BCUT2D eigenvalue weighted by Gasteiger charge is -2.25. The third-order valence-corrected chi connectivity index (χ3v) is 6.06.